The zero-order valence-corrected chi connectivity index (χ0v) is 34.5. The van der Waals surface area contributed by atoms with Crippen molar-refractivity contribution in [2.45, 2.75) is 51.7 Å². The van der Waals surface area contributed by atoms with Crippen molar-refractivity contribution in [3.63, 3.8) is 0 Å². The number of furan rings is 1. The van der Waals surface area contributed by atoms with Crippen molar-refractivity contribution >= 4 is 35.2 Å². The number of para-hydroxylation sites is 1. The summed E-state index contributed by atoms with van der Waals surface area (Å²) in [4.78, 5) is 9.42. The Balaban J connectivity index is 0.000000174. The predicted molar refractivity (Wildman–Crippen MR) is 224 cm³/mol. The van der Waals surface area contributed by atoms with Gasteiger partial charge in [-0.3, -0.25) is 0 Å². The van der Waals surface area contributed by atoms with Crippen molar-refractivity contribution in [3.05, 3.63) is 164 Å². The molecule has 1 saturated carbocycles. The molecule has 0 atom stereocenters. The van der Waals surface area contributed by atoms with Crippen LogP contribution in [0.4, 0.5) is 0 Å². The second-order valence-electron chi connectivity index (χ2n) is 15.1. The summed E-state index contributed by atoms with van der Waals surface area (Å²) in [5.74, 6) is 0.880. The Morgan fingerprint density at radius 1 is 0.704 bits per heavy atom. The van der Waals surface area contributed by atoms with Gasteiger partial charge in [0.2, 0.25) is 0 Å². The third-order valence-corrected chi connectivity index (χ3v) is 12.5. The Labute approximate surface area is 333 Å². The summed E-state index contributed by atoms with van der Waals surface area (Å²) in [6.45, 7) is 7.28. The second kappa shape index (κ2) is 16.6. The summed E-state index contributed by atoms with van der Waals surface area (Å²) in [6.07, 6.45) is 10.9. The van der Waals surface area contributed by atoms with Gasteiger partial charge < -0.3 is 14.4 Å². The molecule has 1 aliphatic carbocycles. The van der Waals surface area contributed by atoms with E-state index in [2.05, 4.69) is 122 Å². The van der Waals surface area contributed by atoms with E-state index in [9.17, 15) is 0 Å². The van der Waals surface area contributed by atoms with Crippen molar-refractivity contribution < 1.29 is 24.5 Å². The maximum absolute atomic E-state index is 6.37. The van der Waals surface area contributed by atoms with Gasteiger partial charge in [0.05, 0.1) is 13.7 Å². The molecule has 3 heterocycles. The normalized spacial score (nSPS) is 13.0. The van der Waals surface area contributed by atoms with E-state index in [1.165, 1.54) is 32.1 Å². The summed E-state index contributed by atoms with van der Waals surface area (Å²) >= 11 is 0. The van der Waals surface area contributed by atoms with Crippen LogP contribution in [0, 0.1) is 18.1 Å². The topological polar surface area (TPSA) is 38.9 Å². The maximum atomic E-state index is 6.37. The van der Waals surface area contributed by atoms with Crippen LogP contribution in [0.5, 0.6) is 0 Å². The molecule has 0 saturated heterocycles. The van der Waals surface area contributed by atoms with E-state index < -0.39 is 8.07 Å². The van der Waals surface area contributed by atoms with Gasteiger partial charge in [0.15, 0.2) is 0 Å². The van der Waals surface area contributed by atoms with Crippen LogP contribution in [0.1, 0.15) is 31.2 Å². The van der Waals surface area contributed by atoms with Crippen molar-refractivity contribution in [2.75, 3.05) is 0 Å². The number of nitrogens with zero attached hydrogens (tertiary/aromatic N) is 2. The fourth-order valence-corrected chi connectivity index (χ4v) is 9.34. The van der Waals surface area contributed by atoms with Gasteiger partial charge in [0.1, 0.15) is 5.58 Å². The van der Waals surface area contributed by atoms with Crippen LogP contribution >= 0.6 is 0 Å². The van der Waals surface area contributed by atoms with Crippen LogP contribution in [-0.4, -0.2) is 18.0 Å². The summed E-state index contributed by atoms with van der Waals surface area (Å²) in [5, 5.41) is 3.74. The Morgan fingerprint density at radius 2 is 1.41 bits per heavy atom. The Morgan fingerprint density at radius 3 is 2.13 bits per heavy atom. The molecule has 1 fully saturated rings. The number of fused-ring (bicyclic) bond motifs is 3. The van der Waals surface area contributed by atoms with Gasteiger partial charge >= 0.3 is 0 Å². The van der Waals surface area contributed by atoms with Crippen molar-refractivity contribution in [1.29, 1.82) is 0 Å². The molecule has 54 heavy (non-hydrogen) atoms. The molecule has 8 aromatic rings. The van der Waals surface area contributed by atoms with Crippen LogP contribution in [-0.2, 0) is 26.5 Å². The van der Waals surface area contributed by atoms with Gasteiger partial charge in [-0.1, -0.05) is 159 Å². The largest absolute Gasteiger partial charge is 0.501 e. The van der Waals surface area contributed by atoms with Crippen molar-refractivity contribution in [1.82, 2.24) is 9.97 Å². The molecule has 0 N–H and O–H groups in total. The fraction of sp³-hybridized carbons (Fsp3) is 0.184. The van der Waals surface area contributed by atoms with Gasteiger partial charge in [0, 0.05) is 37.9 Å². The standard InChI is InChI=1S/C29H18NO.C20H26NSi.Ir/c1-3-9-20(10-4-1)22-17-18-30-26(19-22)24-16-15-23(21-11-5-2-6-12-21)28-25-13-7-8-14-27(25)31-29(24)28;1-22(2,3)20-15-21-19(17-11-5-4-6-12-17)14-18(20)13-16-9-7-8-10-16;/h1-15,17-19H;4-6,11,14-16H,7-10,13H2,1-3H3;/q2*-1;. The molecule has 5 aromatic carbocycles. The maximum Gasteiger partial charge on any atom is 0.120 e. The SMILES string of the molecule is C[Si](C)(C)c1cnc(-c2[c-]cccc2)cc1CC1CCCC1.[Ir].[c-]1cc(-c2ccccc2)c2c(oc3ccccc32)c1-c1cc(-c2ccccc2)ccn1. The average molecular weight is 897 g/mol. The number of hydrogen-bond acceptors (Lipinski definition) is 3. The predicted octanol–water partition coefficient (Wildman–Crippen LogP) is 12.6. The van der Waals surface area contributed by atoms with Crippen LogP contribution in [0.3, 0.4) is 0 Å². The second-order valence-corrected chi connectivity index (χ2v) is 20.2. The number of hydrogen-bond donors (Lipinski definition) is 0. The minimum atomic E-state index is -1.35. The summed E-state index contributed by atoms with van der Waals surface area (Å²) in [5.41, 5.74) is 11.7. The molecule has 0 spiro atoms. The molecular weight excluding hydrogens is 853 g/mol. The fourth-order valence-electron chi connectivity index (χ4n) is 7.75. The van der Waals surface area contributed by atoms with E-state index >= 15 is 0 Å². The third kappa shape index (κ3) is 8.10. The first kappa shape index (κ1) is 37.4. The summed E-state index contributed by atoms with van der Waals surface area (Å²) < 4.78 is 6.37. The molecule has 1 radical (unpaired) electrons. The van der Waals surface area contributed by atoms with Crippen LogP contribution in [0.2, 0.25) is 19.6 Å². The van der Waals surface area contributed by atoms with E-state index in [0.29, 0.717) is 0 Å². The van der Waals surface area contributed by atoms with Crippen LogP contribution < -0.4 is 5.19 Å². The Bertz CT molecular complexity index is 2470. The van der Waals surface area contributed by atoms with Gasteiger partial charge in [-0.25, -0.2) is 0 Å². The monoisotopic (exact) mass is 897 g/mol. The smallest absolute Gasteiger partial charge is 0.120 e. The van der Waals surface area contributed by atoms with Crippen LogP contribution in [0.15, 0.2) is 150 Å². The van der Waals surface area contributed by atoms with Gasteiger partial charge in [0.25, 0.3) is 0 Å². The minimum Gasteiger partial charge on any atom is -0.501 e. The number of pyridine rings is 2. The van der Waals surface area contributed by atoms with Crippen molar-refractivity contribution in [3.8, 4) is 44.8 Å². The first-order valence-electron chi connectivity index (χ1n) is 18.8. The van der Waals surface area contributed by atoms with Crippen LogP contribution in [0.25, 0.3) is 66.7 Å². The zero-order valence-electron chi connectivity index (χ0n) is 31.1. The molecule has 271 valence electrons. The molecule has 3 nitrogen and oxygen atoms in total. The Hall–Kier alpha value is -4.93. The van der Waals surface area contributed by atoms with E-state index in [0.717, 1.165) is 72.6 Å². The van der Waals surface area contributed by atoms with E-state index in [-0.39, 0.29) is 20.1 Å². The van der Waals surface area contributed by atoms with Gasteiger partial charge in [-0.15, -0.1) is 48.0 Å². The summed E-state index contributed by atoms with van der Waals surface area (Å²) in [7, 11) is -1.35. The van der Waals surface area contributed by atoms with E-state index in [4.69, 9.17) is 9.40 Å². The minimum absolute atomic E-state index is 0. The number of benzene rings is 5. The summed E-state index contributed by atoms with van der Waals surface area (Å²) in [6, 6.07) is 52.4. The molecule has 0 unspecified atom stereocenters. The average Bonchev–Trinajstić information content (AvgIpc) is 3.87. The molecule has 9 rings (SSSR count). The number of rotatable bonds is 7. The van der Waals surface area contributed by atoms with Crippen molar-refractivity contribution in [2.24, 2.45) is 5.92 Å². The van der Waals surface area contributed by atoms with Gasteiger partial charge in [-0.05, 0) is 57.6 Å². The van der Waals surface area contributed by atoms with Gasteiger partial charge in [-0.2, -0.15) is 0 Å². The first-order chi connectivity index (χ1) is 25.9. The Kier molecular flexibility index (Phi) is 11.5. The molecular formula is C49H44IrN2OSi-2. The molecule has 0 aliphatic heterocycles. The van der Waals surface area contributed by atoms with E-state index in [1.807, 2.05) is 60.8 Å². The molecule has 3 aromatic heterocycles. The molecule has 1 aliphatic rings. The first-order valence-corrected chi connectivity index (χ1v) is 22.3. The number of aromatic nitrogens is 2. The molecule has 0 amide bonds. The van der Waals surface area contributed by atoms with E-state index in [1.54, 1.807) is 10.8 Å². The molecule has 0 bridgehead atoms. The molecule has 5 heteroatoms. The quantitative estimate of drug-likeness (QED) is 0.118. The zero-order chi connectivity index (χ0) is 36.2. The third-order valence-electron chi connectivity index (χ3n) is 10.4.